The molecule has 1 aliphatic heterocycles. The summed E-state index contributed by atoms with van der Waals surface area (Å²) in [4.78, 5) is 21.6. The van der Waals surface area contributed by atoms with Gasteiger partial charge in [0.1, 0.15) is 5.75 Å². The van der Waals surface area contributed by atoms with Crippen LogP contribution in [0, 0.1) is 0 Å². The standard InChI is InChI=1S/C23H27ClN4O2S.ClH/c1-30-17-9-10-19-21(16-17)31-23(25-19)26-22(29)8-4-5-11-27-12-14-28(15-13-27)20-7-3-2-6-18(20)24;/h2-3,6-7,9-10,16H,4-5,8,11-15H2,1H3,(H,25,26,29);1H. The van der Waals surface area contributed by atoms with Crippen LogP contribution in [0.1, 0.15) is 19.3 Å². The Bertz CT molecular complexity index is 1040. The molecule has 1 fully saturated rings. The Morgan fingerprint density at radius 2 is 1.94 bits per heavy atom. The number of aromatic nitrogens is 1. The molecule has 9 heteroatoms. The SMILES string of the molecule is COc1ccc2nc(NC(=O)CCCCN3CCN(c4ccccc4Cl)CC3)sc2c1.Cl. The van der Waals surface area contributed by atoms with Crippen LogP contribution in [-0.4, -0.2) is 55.6 Å². The van der Waals surface area contributed by atoms with Gasteiger partial charge in [0.05, 0.1) is 28.0 Å². The van der Waals surface area contributed by atoms with E-state index in [9.17, 15) is 4.79 Å². The van der Waals surface area contributed by atoms with Crippen LogP contribution in [0.2, 0.25) is 5.02 Å². The summed E-state index contributed by atoms with van der Waals surface area (Å²) in [6, 6.07) is 13.7. The van der Waals surface area contributed by atoms with Gasteiger partial charge >= 0.3 is 0 Å². The number of amides is 1. The first-order valence-corrected chi connectivity index (χ1v) is 11.8. The number of anilines is 2. The van der Waals surface area contributed by atoms with Crippen LogP contribution in [0.4, 0.5) is 10.8 Å². The molecular formula is C23H28Cl2N4O2S. The van der Waals surface area contributed by atoms with E-state index < -0.39 is 0 Å². The number of benzene rings is 2. The van der Waals surface area contributed by atoms with Crippen molar-refractivity contribution in [1.29, 1.82) is 0 Å². The molecule has 3 aromatic rings. The Morgan fingerprint density at radius 1 is 1.16 bits per heavy atom. The number of unbranched alkanes of at least 4 members (excludes halogenated alkanes) is 1. The van der Waals surface area contributed by atoms with Crippen molar-refractivity contribution >= 4 is 62.3 Å². The Labute approximate surface area is 203 Å². The van der Waals surface area contributed by atoms with Crippen LogP contribution in [0.25, 0.3) is 10.2 Å². The lowest BCUT2D eigenvalue weighted by Crippen LogP contribution is -2.46. The molecule has 0 unspecified atom stereocenters. The number of para-hydroxylation sites is 1. The van der Waals surface area contributed by atoms with E-state index in [0.717, 1.165) is 72.2 Å². The normalized spacial score (nSPS) is 14.2. The number of ether oxygens (including phenoxy) is 1. The number of hydrogen-bond donors (Lipinski definition) is 1. The predicted molar refractivity (Wildman–Crippen MR) is 136 cm³/mol. The highest BCUT2D eigenvalue weighted by Crippen LogP contribution is 2.29. The summed E-state index contributed by atoms with van der Waals surface area (Å²) in [5.74, 6) is 0.816. The molecule has 1 aromatic heterocycles. The van der Waals surface area contributed by atoms with Gasteiger partial charge in [0.2, 0.25) is 5.91 Å². The van der Waals surface area contributed by atoms with E-state index in [0.29, 0.717) is 11.6 Å². The number of piperazine rings is 1. The summed E-state index contributed by atoms with van der Waals surface area (Å²) in [6.07, 6.45) is 2.39. The first kappa shape index (κ1) is 24.6. The quantitative estimate of drug-likeness (QED) is 0.429. The summed E-state index contributed by atoms with van der Waals surface area (Å²) in [6.45, 7) is 5.02. The lowest BCUT2D eigenvalue weighted by atomic mass is 10.2. The number of carbonyl (C=O) groups is 1. The highest BCUT2D eigenvalue weighted by molar-refractivity contribution is 7.22. The Balaban J connectivity index is 0.00000289. The number of nitrogens with one attached hydrogen (secondary N) is 1. The average molecular weight is 495 g/mol. The molecule has 172 valence electrons. The maximum atomic E-state index is 12.3. The average Bonchev–Trinajstić information content (AvgIpc) is 3.18. The van der Waals surface area contributed by atoms with Gasteiger partial charge in [-0.25, -0.2) is 4.98 Å². The van der Waals surface area contributed by atoms with Crippen molar-refractivity contribution in [2.45, 2.75) is 19.3 Å². The Hall–Kier alpha value is -2.06. The monoisotopic (exact) mass is 494 g/mol. The fraction of sp³-hybridized carbons (Fsp3) is 0.391. The number of carbonyl (C=O) groups excluding carboxylic acids is 1. The van der Waals surface area contributed by atoms with Crippen LogP contribution < -0.4 is 15.0 Å². The minimum atomic E-state index is 0. The number of rotatable bonds is 8. The third kappa shape index (κ3) is 6.25. The number of methoxy groups -OCH3 is 1. The van der Waals surface area contributed by atoms with Crippen LogP contribution >= 0.6 is 35.3 Å². The largest absolute Gasteiger partial charge is 0.497 e. The van der Waals surface area contributed by atoms with E-state index in [1.807, 2.05) is 36.4 Å². The van der Waals surface area contributed by atoms with Gasteiger partial charge in [-0.05, 0) is 49.7 Å². The van der Waals surface area contributed by atoms with Crippen molar-refractivity contribution in [3.63, 3.8) is 0 Å². The number of nitrogens with zero attached hydrogens (tertiary/aromatic N) is 3. The van der Waals surface area contributed by atoms with Gasteiger partial charge in [0, 0.05) is 32.6 Å². The third-order valence-electron chi connectivity index (χ3n) is 5.54. The summed E-state index contributed by atoms with van der Waals surface area (Å²) >= 11 is 7.79. The molecular weight excluding hydrogens is 467 g/mol. The number of halogens is 2. The zero-order valence-corrected chi connectivity index (χ0v) is 20.4. The Kier molecular flexibility index (Phi) is 8.99. The summed E-state index contributed by atoms with van der Waals surface area (Å²) in [5, 5.41) is 4.39. The highest BCUT2D eigenvalue weighted by Gasteiger charge is 2.18. The van der Waals surface area contributed by atoms with Gasteiger partial charge in [-0.2, -0.15) is 0 Å². The molecule has 0 bridgehead atoms. The minimum Gasteiger partial charge on any atom is -0.497 e. The zero-order chi connectivity index (χ0) is 21.6. The first-order chi connectivity index (χ1) is 15.1. The summed E-state index contributed by atoms with van der Waals surface area (Å²) < 4.78 is 6.25. The molecule has 0 atom stereocenters. The van der Waals surface area contributed by atoms with Gasteiger partial charge < -0.3 is 15.0 Å². The summed E-state index contributed by atoms with van der Waals surface area (Å²) in [5.41, 5.74) is 1.99. The molecule has 0 spiro atoms. The topological polar surface area (TPSA) is 57.7 Å². The minimum absolute atomic E-state index is 0. The number of thiazole rings is 1. The van der Waals surface area contributed by atoms with Gasteiger partial charge in [0.25, 0.3) is 0 Å². The van der Waals surface area contributed by atoms with Gasteiger partial charge in [-0.15, -0.1) is 12.4 Å². The van der Waals surface area contributed by atoms with E-state index >= 15 is 0 Å². The molecule has 0 aliphatic carbocycles. The predicted octanol–water partition coefficient (Wildman–Crippen LogP) is 5.31. The van der Waals surface area contributed by atoms with Gasteiger partial charge in [-0.3, -0.25) is 9.69 Å². The van der Waals surface area contributed by atoms with Crippen LogP contribution in [0.5, 0.6) is 5.75 Å². The van der Waals surface area contributed by atoms with Crippen LogP contribution in [-0.2, 0) is 4.79 Å². The second kappa shape index (κ2) is 11.7. The molecule has 0 radical (unpaired) electrons. The van der Waals surface area contributed by atoms with Gasteiger partial charge in [0.15, 0.2) is 5.13 Å². The smallest absolute Gasteiger partial charge is 0.226 e. The number of fused-ring (bicyclic) bond motifs is 1. The van der Waals surface area contributed by atoms with E-state index in [-0.39, 0.29) is 18.3 Å². The fourth-order valence-corrected chi connectivity index (χ4v) is 4.97. The van der Waals surface area contributed by atoms with E-state index in [2.05, 4.69) is 26.2 Å². The van der Waals surface area contributed by atoms with Crippen molar-refractivity contribution in [2.75, 3.05) is 50.1 Å². The molecule has 32 heavy (non-hydrogen) atoms. The molecule has 1 saturated heterocycles. The van der Waals surface area contributed by atoms with Crippen LogP contribution in [0.15, 0.2) is 42.5 Å². The third-order valence-corrected chi connectivity index (χ3v) is 6.79. The molecule has 1 amide bonds. The molecule has 2 heterocycles. The molecule has 2 aromatic carbocycles. The van der Waals surface area contributed by atoms with E-state index in [1.165, 1.54) is 11.3 Å². The van der Waals surface area contributed by atoms with Crippen molar-refractivity contribution in [1.82, 2.24) is 9.88 Å². The molecule has 6 nitrogen and oxygen atoms in total. The molecule has 1 N–H and O–H groups in total. The second-order valence-corrected chi connectivity index (χ2v) is 9.08. The lowest BCUT2D eigenvalue weighted by molar-refractivity contribution is -0.116. The molecule has 0 saturated carbocycles. The summed E-state index contributed by atoms with van der Waals surface area (Å²) in [7, 11) is 1.64. The fourth-order valence-electron chi connectivity index (χ4n) is 3.81. The lowest BCUT2D eigenvalue weighted by Gasteiger charge is -2.36. The van der Waals surface area contributed by atoms with Crippen molar-refractivity contribution < 1.29 is 9.53 Å². The maximum absolute atomic E-state index is 12.3. The first-order valence-electron chi connectivity index (χ1n) is 10.6. The van der Waals surface area contributed by atoms with Crippen LogP contribution in [0.3, 0.4) is 0 Å². The van der Waals surface area contributed by atoms with Crippen molar-refractivity contribution in [3.8, 4) is 5.75 Å². The zero-order valence-electron chi connectivity index (χ0n) is 18.1. The van der Waals surface area contributed by atoms with Gasteiger partial charge in [-0.1, -0.05) is 35.1 Å². The van der Waals surface area contributed by atoms with E-state index in [1.54, 1.807) is 7.11 Å². The Morgan fingerprint density at radius 3 is 2.69 bits per heavy atom. The maximum Gasteiger partial charge on any atom is 0.226 e. The highest BCUT2D eigenvalue weighted by atomic mass is 35.5. The van der Waals surface area contributed by atoms with Crippen molar-refractivity contribution in [2.24, 2.45) is 0 Å². The molecule has 4 rings (SSSR count). The van der Waals surface area contributed by atoms with E-state index in [4.69, 9.17) is 16.3 Å². The molecule has 1 aliphatic rings. The van der Waals surface area contributed by atoms with Crippen molar-refractivity contribution in [3.05, 3.63) is 47.5 Å². The number of hydrogen-bond acceptors (Lipinski definition) is 6. The second-order valence-electron chi connectivity index (χ2n) is 7.64.